The highest BCUT2D eigenvalue weighted by Crippen LogP contribution is 2.29. The second-order valence-corrected chi connectivity index (χ2v) is 6.28. The van der Waals surface area contributed by atoms with Gasteiger partial charge < -0.3 is 15.4 Å². The Kier molecular flexibility index (Phi) is 5.53. The van der Waals surface area contributed by atoms with E-state index in [9.17, 15) is 9.18 Å². The van der Waals surface area contributed by atoms with E-state index in [0.29, 0.717) is 10.7 Å². The number of benzene rings is 2. The standard InChI is InChI=1S/C18H15Cl2FN4O2/c1-22-15-16(23-2)24-18(27-14-8-5-11(20)9-13(14)21)25(17(15)26)12-6-3-10(19)4-7-12/h3-9,22-23H,1-2H3. The Morgan fingerprint density at radius 2 is 1.70 bits per heavy atom. The van der Waals surface area contributed by atoms with E-state index in [1.165, 1.54) is 16.7 Å². The summed E-state index contributed by atoms with van der Waals surface area (Å²) in [4.78, 5) is 17.3. The van der Waals surface area contributed by atoms with Gasteiger partial charge >= 0.3 is 6.01 Å². The number of halogens is 3. The smallest absolute Gasteiger partial charge is 0.311 e. The zero-order valence-electron chi connectivity index (χ0n) is 14.4. The Bertz CT molecular complexity index is 1040. The van der Waals surface area contributed by atoms with E-state index >= 15 is 0 Å². The lowest BCUT2D eigenvalue weighted by atomic mass is 10.3. The predicted octanol–water partition coefficient (Wildman–Crippen LogP) is 4.55. The van der Waals surface area contributed by atoms with Gasteiger partial charge in [-0.2, -0.15) is 4.98 Å². The van der Waals surface area contributed by atoms with Crippen LogP contribution in [0, 0.1) is 5.82 Å². The van der Waals surface area contributed by atoms with Gasteiger partial charge in [0, 0.05) is 24.1 Å². The highest BCUT2D eigenvalue weighted by molar-refractivity contribution is 6.30. The molecule has 140 valence electrons. The minimum absolute atomic E-state index is 0.117. The van der Waals surface area contributed by atoms with E-state index in [1.807, 2.05) is 0 Å². The van der Waals surface area contributed by atoms with Crippen LogP contribution in [0.4, 0.5) is 15.9 Å². The molecule has 0 saturated heterocycles. The third-order valence-electron chi connectivity index (χ3n) is 3.72. The van der Waals surface area contributed by atoms with Gasteiger partial charge in [-0.15, -0.1) is 0 Å². The molecule has 0 amide bonds. The first-order chi connectivity index (χ1) is 12.9. The molecule has 0 atom stereocenters. The van der Waals surface area contributed by atoms with E-state index < -0.39 is 11.4 Å². The van der Waals surface area contributed by atoms with Crippen LogP contribution in [0.15, 0.2) is 47.3 Å². The average Bonchev–Trinajstić information content (AvgIpc) is 2.65. The first-order valence-corrected chi connectivity index (χ1v) is 8.61. The first kappa shape index (κ1) is 19.0. The van der Waals surface area contributed by atoms with Gasteiger partial charge in [-0.05, 0) is 42.5 Å². The fourth-order valence-corrected chi connectivity index (χ4v) is 2.74. The lowest BCUT2D eigenvalue weighted by Crippen LogP contribution is -2.25. The molecular formula is C18H15Cl2FN4O2. The van der Waals surface area contributed by atoms with Crippen LogP contribution < -0.4 is 20.9 Å². The van der Waals surface area contributed by atoms with Gasteiger partial charge in [-0.25, -0.2) is 8.96 Å². The Morgan fingerprint density at radius 1 is 1.04 bits per heavy atom. The van der Waals surface area contributed by atoms with Crippen molar-refractivity contribution in [1.82, 2.24) is 9.55 Å². The van der Waals surface area contributed by atoms with Crippen molar-refractivity contribution in [1.29, 1.82) is 0 Å². The third-order valence-corrected chi connectivity index (χ3v) is 4.21. The second-order valence-electron chi connectivity index (χ2n) is 5.41. The van der Waals surface area contributed by atoms with Crippen LogP contribution >= 0.6 is 23.2 Å². The maximum atomic E-state index is 14.2. The van der Waals surface area contributed by atoms with Crippen molar-refractivity contribution < 1.29 is 9.13 Å². The molecule has 1 heterocycles. The second kappa shape index (κ2) is 7.85. The van der Waals surface area contributed by atoms with E-state index in [-0.39, 0.29) is 28.3 Å². The van der Waals surface area contributed by atoms with Crippen molar-refractivity contribution >= 4 is 34.7 Å². The molecular weight excluding hydrogens is 394 g/mol. The Morgan fingerprint density at radius 3 is 2.30 bits per heavy atom. The summed E-state index contributed by atoms with van der Waals surface area (Å²) in [6.07, 6.45) is 0. The number of hydrogen-bond acceptors (Lipinski definition) is 5. The van der Waals surface area contributed by atoms with Crippen LogP contribution in [0.25, 0.3) is 5.69 Å². The summed E-state index contributed by atoms with van der Waals surface area (Å²) in [5.74, 6) is -0.534. The van der Waals surface area contributed by atoms with Gasteiger partial charge in [-0.1, -0.05) is 23.2 Å². The Balaban J connectivity index is 2.23. The summed E-state index contributed by atoms with van der Waals surface area (Å²) in [6.45, 7) is 0. The predicted molar refractivity (Wildman–Crippen MR) is 105 cm³/mol. The molecule has 0 fully saturated rings. The number of nitrogens with one attached hydrogen (secondary N) is 2. The van der Waals surface area contributed by atoms with Gasteiger partial charge in [0.25, 0.3) is 5.56 Å². The van der Waals surface area contributed by atoms with Crippen LogP contribution in [-0.4, -0.2) is 23.6 Å². The summed E-state index contributed by atoms with van der Waals surface area (Å²) in [7, 11) is 3.22. The molecule has 0 saturated carbocycles. The number of ether oxygens (including phenoxy) is 1. The molecule has 0 aliphatic heterocycles. The van der Waals surface area contributed by atoms with Crippen molar-refractivity contribution in [3.05, 3.63) is 68.7 Å². The van der Waals surface area contributed by atoms with Gasteiger partial charge in [0.05, 0.1) is 5.69 Å². The molecule has 6 nitrogen and oxygen atoms in total. The van der Waals surface area contributed by atoms with Gasteiger partial charge in [0.1, 0.15) is 5.69 Å². The summed E-state index contributed by atoms with van der Waals surface area (Å²) in [5, 5.41) is 6.37. The molecule has 9 heteroatoms. The van der Waals surface area contributed by atoms with Crippen molar-refractivity contribution in [2.45, 2.75) is 0 Å². The molecule has 2 aromatic carbocycles. The molecule has 2 N–H and O–H groups in total. The molecule has 0 bridgehead atoms. The summed E-state index contributed by atoms with van der Waals surface area (Å²) >= 11 is 11.7. The van der Waals surface area contributed by atoms with Gasteiger partial charge in [0.2, 0.25) is 0 Å². The van der Waals surface area contributed by atoms with Crippen LogP contribution in [0.5, 0.6) is 11.8 Å². The lowest BCUT2D eigenvalue weighted by Gasteiger charge is -2.17. The molecule has 27 heavy (non-hydrogen) atoms. The highest BCUT2D eigenvalue weighted by Gasteiger charge is 2.19. The van der Waals surface area contributed by atoms with Crippen LogP contribution in [-0.2, 0) is 0 Å². The normalized spacial score (nSPS) is 10.6. The molecule has 3 rings (SSSR count). The lowest BCUT2D eigenvalue weighted by molar-refractivity contribution is 0.398. The maximum Gasteiger partial charge on any atom is 0.311 e. The fourth-order valence-electron chi connectivity index (χ4n) is 2.45. The molecule has 0 unspecified atom stereocenters. The van der Waals surface area contributed by atoms with E-state index in [0.717, 1.165) is 6.07 Å². The first-order valence-electron chi connectivity index (χ1n) is 7.86. The number of rotatable bonds is 5. The maximum absolute atomic E-state index is 14.2. The van der Waals surface area contributed by atoms with Crippen molar-refractivity contribution in [2.75, 3.05) is 24.7 Å². The fraction of sp³-hybridized carbons (Fsp3) is 0.111. The zero-order valence-corrected chi connectivity index (χ0v) is 15.9. The number of aromatic nitrogens is 2. The SMILES string of the molecule is CNc1nc(Oc2ccc(Cl)cc2F)n(-c2ccc(Cl)cc2)c(=O)c1NC. The molecule has 0 aliphatic carbocycles. The Labute approximate surface area is 164 Å². The minimum atomic E-state index is -0.678. The van der Waals surface area contributed by atoms with E-state index in [4.69, 9.17) is 27.9 Å². The summed E-state index contributed by atoms with van der Waals surface area (Å²) in [5.41, 5.74) is 0.264. The highest BCUT2D eigenvalue weighted by atomic mass is 35.5. The zero-order chi connectivity index (χ0) is 19.6. The summed E-state index contributed by atoms with van der Waals surface area (Å²) in [6, 6.07) is 10.4. The quantitative estimate of drug-likeness (QED) is 0.647. The topological polar surface area (TPSA) is 68.2 Å². The number of anilines is 2. The van der Waals surface area contributed by atoms with E-state index in [1.54, 1.807) is 38.4 Å². The van der Waals surface area contributed by atoms with E-state index in [2.05, 4.69) is 15.6 Å². The van der Waals surface area contributed by atoms with Gasteiger partial charge in [0.15, 0.2) is 17.4 Å². The molecule has 1 aromatic heterocycles. The number of nitrogens with zero attached hydrogens (tertiary/aromatic N) is 2. The van der Waals surface area contributed by atoms with Crippen LogP contribution in [0.1, 0.15) is 0 Å². The average molecular weight is 409 g/mol. The van der Waals surface area contributed by atoms with Crippen molar-refractivity contribution in [2.24, 2.45) is 0 Å². The van der Waals surface area contributed by atoms with Crippen LogP contribution in [0.3, 0.4) is 0 Å². The summed E-state index contributed by atoms with van der Waals surface area (Å²) < 4.78 is 21.0. The molecule has 0 radical (unpaired) electrons. The number of hydrogen-bond donors (Lipinski definition) is 2. The third kappa shape index (κ3) is 3.84. The van der Waals surface area contributed by atoms with Crippen molar-refractivity contribution in [3.63, 3.8) is 0 Å². The molecule has 3 aromatic rings. The van der Waals surface area contributed by atoms with Crippen molar-refractivity contribution in [3.8, 4) is 17.4 Å². The molecule has 0 spiro atoms. The van der Waals surface area contributed by atoms with Crippen LogP contribution in [0.2, 0.25) is 10.0 Å². The molecule has 0 aliphatic rings. The minimum Gasteiger partial charge on any atom is -0.422 e. The van der Waals surface area contributed by atoms with Gasteiger partial charge in [-0.3, -0.25) is 4.79 Å². The monoisotopic (exact) mass is 408 g/mol. The largest absolute Gasteiger partial charge is 0.422 e. The Hall–Kier alpha value is -2.77.